The van der Waals surface area contributed by atoms with E-state index in [1.807, 2.05) is 18.2 Å². The highest BCUT2D eigenvalue weighted by Gasteiger charge is 2.30. The van der Waals surface area contributed by atoms with Crippen molar-refractivity contribution in [1.29, 1.82) is 0 Å². The van der Waals surface area contributed by atoms with E-state index in [0.717, 1.165) is 27.9 Å². The Morgan fingerprint density at radius 3 is 2.64 bits per heavy atom. The Labute approximate surface area is 209 Å². The number of carboxylic acid groups (broad SMARTS) is 1. The number of hydrogen-bond acceptors (Lipinski definition) is 6. The molecule has 3 aromatic heterocycles. The summed E-state index contributed by atoms with van der Waals surface area (Å²) < 4.78 is 5.30. The molecule has 0 unspecified atom stereocenters. The molecular formula is C27H22N2O6S. The summed E-state index contributed by atoms with van der Waals surface area (Å²) in [5.41, 5.74) is 3.32. The molecule has 0 atom stereocenters. The number of H-pyrrole nitrogens is 2. The van der Waals surface area contributed by atoms with Crippen LogP contribution >= 0.6 is 11.3 Å². The SMILES string of the molecule is COc1ccc2[nH]cc(-c3c(C(=O)O)sc(C(=O)c4c[nH]c5c(C/C=C\CO)cccc45)c3O)c2c1. The summed E-state index contributed by atoms with van der Waals surface area (Å²) in [5, 5.41) is 31.4. The number of aliphatic hydroxyl groups is 1. The predicted molar refractivity (Wildman–Crippen MR) is 138 cm³/mol. The van der Waals surface area contributed by atoms with Crippen molar-refractivity contribution in [3.8, 4) is 22.6 Å². The van der Waals surface area contributed by atoms with Gasteiger partial charge in [0, 0.05) is 45.3 Å². The second-order valence-corrected chi connectivity index (χ2v) is 9.15. The molecule has 3 heterocycles. The van der Waals surface area contributed by atoms with E-state index >= 15 is 0 Å². The van der Waals surface area contributed by atoms with Crippen LogP contribution in [0.3, 0.4) is 0 Å². The van der Waals surface area contributed by atoms with Crippen molar-refractivity contribution < 1.29 is 29.6 Å². The van der Waals surface area contributed by atoms with Crippen LogP contribution in [0, 0.1) is 0 Å². The van der Waals surface area contributed by atoms with Crippen LogP contribution in [-0.2, 0) is 6.42 Å². The zero-order chi connectivity index (χ0) is 25.4. The van der Waals surface area contributed by atoms with Crippen LogP contribution in [0.5, 0.6) is 11.5 Å². The van der Waals surface area contributed by atoms with Gasteiger partial charge in [0.05, 0.1) is 19.3 Å². The van der Waals surface area contributed by atoms with Crippen molar-refractivity contribution in [2.24, 2.45) is 0 Å². The molecule has 182 valence electrons. The minimum atomic E-state index is -1.24. The highest BCUT2D eigenvalue weighted by molar-refractivity contribution is 7.17. The van der Waals surface area contributed by atoms with E-state index in [1.54, 1.807) is 42.7 Å². The molecule has 0 aliphatic rings. The Bertz CT molecular complexity index is 1660. The van der Waals surface area contributed by atoms with Gasteiger partial charge in [-0.15, -0.1) is 11.3 Å². The summed E-state index contributed by atoms with van der Waals surface area (Å²) in [5.74, 6) is -1.51. The number of aromatic hydroxyl groups is 1. The Balaban J connectivity index is 1.63. The maximum absolute atomic E-state index is 13.6. The molecular weight excluding hydrogens is 480 g/mol. The van der Waals surface area contributed by atoms with Crippen molar-refractivity contribution >= 4 is 44.9 Å². The number of benzene rings is 2. The van der Waals surface area contributed by atoms with Gasteiger partial charge in [-0.2, -0.15) is 0 Å². The summed E-state index contributed by atoms with van der Waals surface area (Å²) in [4.78, 5) is 31.8. The molecule has 2 aromatic carbocycles. The van der Waals surface area contributed by atoms with Crippen molar-refractivity contribution in [1.82, 2.24) is 9.97 Å². The van der Waals surface area contributed by atoms with E-state index in [-0.39, 0.29) is 27.7 Å². The number of para-hydroxylation sites is 1. The lowest BCUT2D eigenvalue weighted by Gasteiger charge is -2.04. The summed E-state index contributed by atoms with van der Waals surface area (Å²) in [7, 11) is 1.53. The molecule has 5 aromatic rings. The lowest BCUT2D eigenvalue weighted by Crippen LogP contribution is -1.98. The summed E-state index contributed by atoms with van der Waals surface area (Å²) in [6, 6.07) is 10.9. The maximum Gasteiger partial charge on any atom is 0.346 e. The van der Waals surface area contributed by atoms with Gasteiger partial charge in [-0.3, -0.25) is 4.79 Å². The standard InChI is InChI=1S/C27H22N2O6S/c1-35-15-8-9-20-17(11-15)18(12-28-20)21-24(32)26(36-25(21)27(33)34)23(31)19-13-29-22-14(5-2-3-10-30)6-4-7-16(19)22/h2-4,6-9,11-13,28-30,32H,5,10H2,1H3,(H,33,34)/b3-2-. The number of aromatic amines is 2. The van der Waals surface area contributed by atoms with Gasteiger partial charge >= 0.3 is 5.97 Å². The van der Waals surface area contributed by atoms with Crippen molar-refractivity contribution in [3.05, 3.63) is 81.8 Å². The molecule has 9 heteroatoms. The first-order chi connectivity index (χ1) is 17.4. The number of ketones is 1. The van der Waals surface area contributed by atoms with Gasteiger partial charge in [-0.1, -0.05) is 30.4 Å². The number of aliphatic hydroxyl groups excluding tert-OH is 1. The fourth-order valence-electron chi connectivity index (χ4n) is 4.39. The number of rotatable bonds is 8. The summed E-state index contributed by atoms with van der Waals surface area (Å²) >= 11 is 0.750. The van der Waals surface area contributed by atoms with Crippen LogP contribution in [0.1, 0.15) is 30.5 Å². The number of carbonyl (C=O) groups is 2. The number of nitrogens with one attached hydrogen (secondary N) is 2. The monoisotopic (exact) mass is 502 g/mol. The molecule has 36 heavy (non-hydrogen) atoms. The third-order valence-corrected chi connectivity index (χ3v) is 7.26. The first kappa shape index (κ1) is 23.4. The topological polar surface area (TPSA) is 136 Å². The molecule has 0 fully saturated rings. The van der Waals surface area contributed by atoms with Crippen LogP contribution < -0.4 is 4.74 Å². The second kappa shape index (κ2) is 9.37. The number of aromatic carboxylic acids is 1. The zero-order valence-corrected chi connectivity index (χ0v) is 20.0. The van der Waals surface area contributed by atoms with Crippen LogP contribution in [0.4, 0.5) is 0 Å². The highest BCUT2D eigenvalue weighted by atomic mass is 32.1. The summed E-state index contributed by atoms with van der Waals surface area (Å²) in [6.07, 6.45) is 7.23. The number of aromatic nitrogens is 2. The lowest BCUT2D eigenvalue weighted by atomic mass is 10.0. The largest absolute Gasteiger partial charge is 0.506 e. The minimum absolute atomic E-state index is 0.0499. The zero-order valence-electron chi connectivity index (χ0n) is 19.2. The molecule has 0 aliphatic carbocycles. The van der Waals surface area contributed by atoms with E-state index in [9.17, 15) is 19.8 Å². The van der Waals surface area contributed by atoms with E-state index < -0.39 is 11.8 Å². The number of allylic oxidation sites excluding steroid dienone is 1. The Morgan fingerprint density at radius 1 is 1.06 bits per heavy atom. The van der Waals surface area contributed by atoms with Crippen molar-refractivity contribution in [3.63, 3.8) is 0 Å². The van der Waals surface area contributed by atoms with Gasteiger partial charge in [0.1, 0.15) is 21.3 Å². The van der Waals surface area contributed by atoms with E-state index in [4.69, 9.17) is 9.84 Å². The van der Waals surface area contributed by atoms with Crippen LogP contribution in [0.25, 0.3) is 32.9 Å². The first-order valence-electron chi connectivity index (χ1n) is 11.1. The molecule has 5 rings (SSSR count). The van der Waals surface area contributed by atoms with Gasteiger partial charge < -0.3 is 30.0 Å². The molecule has 5 N–H and O–H groups in total. The number of fused-ring (bicyclic) bond motifs is 2. The van der Waals surface area contributed by atoms with Gasteiger partial charge in [-0.25, -0.2) is 4.79 Å². The number of methoxy groups -OCH3 is 1. The number of carbonyl (C=O) groups excluding carboxylic acids is 1. The Hall–Kier alpha value is -4.34. The Morgan fingerprint density at radius 2 is 1.89 bits per heavy atom. The molecule has 0 aliphatic heterocycles. The van der Waals surface area contributed by atoms with Crippen molar-refractivity contribution in [2.45, 2.75) is 6.42 Å². The molecule has 0 saturated heterocycles. The number of carboxylic acids is 1. The van der Waals surface area contributed by atoms with Gasteiger partial charge in [-0.05, 0) is 30.2 Å². The number of hydrogen-bond donors (Lipinski definition) is 5. The van der Waals surface area contributed by atoms with Gasteiger partial charge in [0.2, 0.25) is 5.78 Å². The average Bonchev–Trinajstić information content (AvgIpc) is 3.58. The third kappa shape index (κ3) is 3.84. The minimum Gasteiger partial charge on any atom is -0.506 e. The molecule has 0 spiro atoms. The van der Waals surface area contributed by atoms with E-state index in [0.29, 0.717) is 34.1 Å². The van der Waals surface area contributed by atoms with E-state index in [2.05, 4.69) is 9.97 Å². The van der Waals surface area contributed by atoms with Gasteiger partial charge in [0.25, 0.3) is 0 Å². The average molecular weight is 503 g/mol. The van der Waals surface area contributed by atoms with Crippen molar-refractivity contribution in [2.75, 3.05) is 13.7 Å². The van der Waals surface area contributed by atoms with Crippen LogP contribution in [0.15, 0.2) is 60.9 Å². The van der Waals surface area contributed by atoms with Gasteiger partial charge in [0.15, 0.2) is 0 Å². The smallest absolute Gasteiger partial charge is 0.346 e. The maximum atomic E-state index is 13.6. The molecule has 0 radical (unpaired) electrons. The normalized spacial score (nSPS) is 11.6. The fourth-order valence-corrected chi connectivity index (χ4v) is 5.39. The quantitative estimate of drug-likeness (QED) is 0.148. The van der Waals surface area contributed by atoms with E-state index in [1.165, 1.54) is 7.11 Å². The van der Waals surface area contributed by atoms with Crippen LogP contribution in [0.2, 0.25) is 0 Å². The molecule has 0 amide bonds. The number of thiophene rings is 1. The third-order valence-electron chi connectivity index (χ3n) is 6.10. The Kier molecular flexibility index (Phi) is 6.09. The molecule has 0 saturated carbocycles. The second-order valence-electron chi connectivity index (χ2n) is 8.13. The molecule has 8 nitrogen and oxygen atoms in total. The predicted octanol–water partition coefficient (Wildman–Crippen LogP) is 5.11. The fraction of sp³-hybridized carbons (Fsp3) is 0.111. The first-order valence-corrected chi connectivity index (χ1v) is 11.9. The lowest BCUT2D eigenvalue weighted by molar-refractivity contribution is 0.0702. The van der Waals surface area contributed by atoms with Crippen LogP contribution in [-0.4, -0.2) is 50.8 Å². The number of ether oxygens (including phenoxy) is 1. The molecule has 0 bridgehead atoms. The summed E-state index contributed by atoms with van der Waals surface area (Å²) in [6.45, 7) is -0.0560. The highest BCUT2D eigenvalue weighted by Crippen LogP contribution is 2.46.